The lowest BCUT2D eigenvalue weighted by Crippen LogP contribution is -2.35. The van der Waals surface area contributed by atoms with Crippen LogP contribution in [0.5, 0.6) is 0 Å². The summed E-state index contributed by atoms with van der Waals surface area (Å²) in [5.41, 5.74) is 5.58. The fourth-order valence-electron chi connectivity index (χ4n) is 3.62. The zero-order valence-corrected chi connectivity index (χ0v) is 16.1. The fraction of sp³-hybridized carbons (Fsp3) is 0.500. The third-order valence-electron chi connectivity index (χ3n) is 5.19. The van der Waals surface area contributed by atoms with Gasteiger partial charge in [0.15, 0.2) is 0 Å². The molecule has 1 fully saturated rings. The predicted octanol–water partition coefficient (Wildman–Crippen LogP) is 5.32. The molecule has 25 heavy (non-hydrogen) atoms. The van der Waals surface area contributed by atoms with E-state index in [-0.39, 0.29) is 0 Å². The molecule has 0 atom stereocenters. The molecule has 0 unspecified atom stereocenters. The molecule has 1 aliphatic heterocycles. The molecule has 0 radical (unpaired) electrons. The van der Waals surface area contributed by atoms with Crippen LogP contribution in [-0.4, -0.2) is 35.4 Å². The number of nitrogens with zero attached hydrogens (tertiary/aromatic N) is 1. The Hall–Kier alpha value is -1.48. The number of likely N-dealkylation sites (tertiary alicyclic amines) is 1. The molecule has 1 aliphatic carbocycles. The van der Waals surface area contributed by atoms with Crippen LogP contribution in [-0.2, 0) is 4.79 Å². The van der Waals surface area contributed by atoms with E-state index in [4.69, 9.17) is 0 Å². The van der Waals surface area contributed by atoms with Gasteiger partial charge < -0.3 is 4.90 Å². The second-order valence-electron chi connectivity index (χ2n) is 7.16. The molecule has 1 saturated heterocycles. The van der Waals surface area contributed by atoms with Crippen molar-refractivity contribution in [3.63, 3.8) is 0 Å². The van der Waals surface area contributed by atoms with Gasteiger partial charge in [-0.3, -0.25) is 4.79 Å². The molecule has 134 valence electrons. The van der Waals surface area contributed by atoms with E-state index >= 15 is 0 Å². The quantitative estimate of drug-likeness (QED) is 0.713. The second-order valence-corrected chi connectivity index (χ2v) is 8.14. The van der Waals surface area contributed by atoms with Gasteiger partial charge in [0.25, 0.3) is 0 Å². The number of carbonyl (C=O) groups excluding carboxylic acids is 1. The maximum atomic E-state index is 12.5. The smallest absolute Gasteiger partial charge is 0.232 e. The summed E-state index contributed by atoms with van der Waals surface area (Å²) in [5.74, 6) is 1.89. The molecule has 0 saturated carbocycles. The van der Waals surface area contributed by atoms with Crippen molar-refractivity contribution in [1.29, 1.82) is 0 Å². The number of hydrogen-bond donors (Lipinski definition) is 0. The number of thioether (sulfide) groups is 1. The van der Waals surface area contributed by atoms with E-state index < -0.39 is 0 Å². The van der Waals surface area contributed by atoms with Crippen LogP contribution in [0.1, 0.15) is 51.0 Å². The maximum absolute atomic E-state index is 12.5. The Bertz CT molecular complexity index is 639. The van der Waals surface area contributed by atoms with Crippen LogP contribution in [0, 0.1) is 0 Å². The van der Waals surface area contributed by atoms with Crippen molar-refractivity contribution in [1.82, 2.24) is 4.90 Å². The molecule has 0 N–H and O–H groups in total. The molecule has 0 bridgehead atoms. The Kier molecular flexibility index (Phi) is 6.80. The average Bonchev–Trinajstić information content (AvgIpc) is 2.96. The summed E-state index contributed by atoms with van der Waals surface area (Å²) in [6, 6.07) is 10.6. The van der Waals surface area contributed by atoms with Crippen molar-refractivity contribution in [2.45, 2.75) is 45.4 Å². The van der Waals surface area contributed by atoms with E-state index in [1.807, 2.05) is 0 Å². The van der Waals surface area contributed by atoms with Crippen LogP contribution in [0.15, 0.2) is 47.6 Å². The summed E-state index contributed by atoms with van der Waals surface area (Å²) in [6.07, 6.45) is 9.60. The molecular formula is C22H29NOS. The molecule has 2 aliphatic rings. The lowest BCUT2D eigenvalue weighted by molar-refractivity contribution is -0.128. The molecule has 3 heteroatoms. The van der Waals surface area contributed by atoms with E-state index in [1.165, 1.54) is 54.4 Å². The lowest BCUT2D eigenvalue weighted by atomic mass is 10.0. The highest BCUT2D eigenvalue weighted by molar-refractivity contribution is 8.00. The Balaban J connectivity index is 1.48. The molecule has 1 heterocycles. The van der Waals surface area contributed by atoms with Crippen LogP contribution < -0.4 is 0 Å². The maximum Gasteiger partial charge on any atom is 0.232 e. The third-order valence-corrected chi connectivity index (χ3v) is 6.15. The fourth-order valence-corrected chi connectivity index (χ4v) is 4.63. The minimum atomic E-state index is 0.329. The first-order valence-corrected chi connectivity index (χ1v) is 10.7. The normalized spacial score (nSPS) is 18.8. The Labute approximate surface area is 156 Å². The largest absolute Gasteiger partial charge is 0.342 e. The van der Waals surface area contributed by atoms with Gasteiger partial charge in [-0.15, -0.1) is 11.8 Å². The highest BCUT2D eigenvalue weighted by atomic mass is 32.2. The minimum Gasteiger partial charge on any atom is -0.342 e. The van der Waals surface area contributed by atoms with Gasteiger partial charge in [0.2, 0.25) is 5.91 Å². The summed E-state index contributed by atoms with van der Waals surface area (Å²) in [7, 11) is 0. The predicted molar refractivity (Wildman–Crippen MR) is 109 cm³/mol. The van der Waals surface area contributed by atoms with Crippen molar-refractivity contribution in [3.05, 3.63) is 53.1 Å². The molecule has 0 spiro atoms. The summed E-state index contributed by atoms with van der Waals surface area (Å²) in [6.45, 7) is 4.14. The van der Waals surface area contributed by atoms with Crippen molar-refractivity contribution < 1.29 is 4.79 Å². The molecule has 1 aromatic rings. The van der Waals surface area contributed by atoms with Crippen LogP contribution >= 0.6 is 11.8 Å². The standard InChI is InChI=1S/C22H29NOS/c1-18-14-20(19-10-6-5-7-11-19)15-21(18)16-25-17-22(24)23-12-8-3-2-4-9-13-23/h5-7,10-11,15H,2-4,8-9,12-14,16-17H2,1H3. The first-order valence-electron chi connectivity index (χ1n) is 9.54. The van der Waals surface area contributed by atoms with E-state index in [0.717, 1.165) is 25.3 Å². The molecule has 1 amide bonds. The second kappa shape index (κ2) is 9.28. The highest BCUT2D eigenvalue weighted by Crippen LogP contribution is 2.33. The summed E-state index contributed by atoms with van der Waals surface area (Å²) in [5, 5.41) is 0. The number of benzene rings is 1. The van der Waals surface area contributed by atoms with Gasteiger partial charge in [-0.2, -0.15) is 0 Å². The van der Waals surface area contributed by atoms with Gasteiger partial charge in [0.1, 0.15) is 0 Å². The Morgan fingerprint density at radius 3 is 2.44 bits per heavy atom. The number of amides is 1. The van der Waals surface area contributed by atoms with Crippen molar-refractivity contribution >= 4 is 23.2 Å². The van der Waals surface area contributed by atoms with Crippen molar-refractivity contribution in [2.75, 3.05) is 24.6 Å². The number of hydrogen-bond acceptors (Lipinski definition) is 2. The van der Waals surface area contributed by atoms with Crippen molar-refractivity contribution in [3.8, 4) is 0 Å². The summed E-state index contributed by atoms with van der Waals surface area (Å²) in [4.78, 5) is 14.6. The van der Waals surface area contributed by atoms with E-state index in [9.17, 15) is 4.79 Å². The average molecular weight is 356 g/mol. The van der Waals surface area contributed by atoms with Gasteiger partial charge in [-0.05, 0) is 42.9 Å². The molecule has 1 aromatic carbocycles. The number of carbonyl (C=O) groups is 1. The topological polar surface area (TPSA) is 20.3 Å². The van der Waals surface area contributed by atoms with E-state index in [2.05, 4.69) is 48.2 Å². The van der Waals surface area contributed by atoms with Crippen molar-refractivity contribution in [2.24, 2.45) is 0 Å². The first kappa shape index (κ1) is 18.3. The Morgan fingerprint density at radius 2 is 1.72 bits per heavy atom. The zero-order chi connectivity index (χ0) is 17.5. The molecule has 3 rings (SSSR count). The Morgan fingerprint density at radius 1 is 1.04 bits per heavy atom. The first-order chi connectivity index (χ1) is 12.2. The number of allylic oxidation sites excluding steroid dienone is 3. The van der Waals surface area contributed by atoms with Crippen LogP contribution in [0.2, 0.25) is 0 Å². The molecule has 2 nitrogen and oxygen atoms in total. The van der Waals surface area contributed by atoms with Gasteiger partial charge in [0, 0.05) is 18.8 Å². The highest BCUT2D eigenvalue weighted by Gasteiger charge is 2.17. The van der Waals surface area contributed by atoms with Gasteiger partial charge in [0.05, 0.1) is 5.75 Å². The molecular weight excluding hydrogens is 326 g/mol. The van der Waals surface area contributed by atoms with E-state index in [1.54, 1.807) is 11.8 Å². The summed E-state index contributed by atoms with van der Waals surface area (Å²) >= 11 is 1.77. The minimum absolute atomic E-state index is 0.329. The monoisotopic (exact) mass is 355 g/mol. The third kappa shape index (κ3) is 5.24. The number of rotatable bonds is 5. The van der Waals surface area contributed by atoms with Crippen LogP contribution in [0.3, 0.4) is 0 Å². The van der Waals surface area contributed by atoms with Crippen LogP contribution in [0.4, 0.5) is 0 Å². The lowest BCUT2D eigenvalue weighted by Gasteiger charge is -2.24. The SMILES string of the molecule is CC1=C(CSCC(=O)N2CCCCCCC2)C=C(c2ccccc2)C1. The molecule has 0 aromatic heterocycles. The zero-order valence-electron chi connectivity index (χ0n) is 15.3. The van der Waals surface area contributed by atoms with Gasteiger partial charge in [-0.1, -0.05) is 61.2 Å². The van der Waals surface area contributed by atoms with Gasteiger partial charge >= 0.3 is 0 Å². The van der Waals surface area contributed by atoms with Crippen LogP contribution in [0.25, 0.3) is 5.57 Å². The van der Waals surface area contributed by atoms with E-state index in [0.29, 0.717) is 11.7 Å². The van der Waals surface area contributed by atoms with Gasteiger partial charge in [-0.25, -0.2) is 0 Å². The summed E-state index contributed by atoms with van der Waals surface area (Å²) < 4.78 is 0.